The third-order valence-corrected chi connectivity index (χ3v) is 3.15. The molecule has 0 aromatic heterocycles. The van der Waals surface area contributed by atoms with E-state index < -0.39 is 5.79 Å². The SMILES string of the molecule is C=Cc1ccc(OC(C)(OCC)c2ccccc2)cc1. The molecule has 0 bridgehead atoms. The van der Waals surface area contributed by atoms with Gasteiger partial charge >= 0.3 is 0 Å². The van der Waals surface area contributed by atoms with Crippen molar-refractivity contribution in [3.05, 3.63) is 72.3 Å². The van der Waals surface area contributed by atoms with Gasteiger partial charge in [-0.1, -0.05) is 55.1 Å². The lowest BCUT2D eigenvalue weighted by atomic mass is 10.1. The molecule has 2 aromatic rings. The summed E-state index contributed by atoms with van der Waals surface area (Å²) in [5.41, 5.74) is 2.06. The van der Waals surface area contributed by atoms with Gasteiger partial charge in [-0.05, 0) is 24.6 Å². The minimum absolute atomic E-state index is 0.579. The van der Waals surface area contributed by atoms with Crippen molar-refractivity contribution < 1.29 is 9.47 Å². The summed E-state index contributed by atoms with van der Waals surface area (Å²) in [6.45, 7) is 8.23. The highest BCUT2D eigenvalue weighted by Gasteiger charge is 2.29. The van der Waals surface area contributed by atoms with Crippen LogP contribution in [0.3, 0.4) is 0 Å². The van der Waals surface area contributed by atoms with E-state index in [1.165, 1.54) is 0 Å². The van der Waals surface area contributed by atoms with E-state index in [9.17, 15) is 0 Å². The first kappa shape index (κ1) is 14.4. The molecule has 20 heavy (non-hydrogen) atoms. The van der Waals surface area contributed by atoms with Crippen LogP contribution in [0, 0.1) is 0 Å². The van der Waals surface area contributed by atoms with Crippen LogP contribution in [-0.4, -0.2) is 6.61 Å². The smallest absolute Gasteiger partial charge is 0.234 e. The van der Waals surface area contributed by atoms with Gasteiger partial charge in [0.25, 0.3) is 0 Å². The second-order valence-electron chi connectivity index (χ2n) is 4.62. The van der Waals surface area contributed by atoms with E-state index in [4.69, 9.17) is 9.47 Å². The molecule has 0 N–H and O–H groups in total. The van der Waals surface area contributed by atoms with E-state index in [1.54, 1.807) is 0 Å². The number of ether oxygens (including phenoxy) is 2. The normalized spacial score (nSPS) is 13.5. The molecule has 104 valence electrons. The minimum Gasteiger partial charge on any atom is -0.458 e. The summed E-state index contributed by atoms with van der Waals surface area (Å²) >= 11 is 0. The fourth-order valence-electron chi connectivity index (χ4n) is 2.08. The van der Waals surface area contributed by atoms with Gasteiger partial charge in [-0.3, -0.25) is 0 Å². The molecule has 2 rings (SSSR count). The topological polar surface area (TPSA) is 18.5 Å². The zero-order valence-electron chi connectivity index (χ0n) is 12.0. The third-order valence-electron chi connectivity index (χ3n) is 3.15. The molecule has 2 nitrogen and oxygen atoms in total. The second kappa shape index (κ2) is 6.40. The Hall–Kier alpha value is -2.06. The summed E-state index contributed by atoms with van der Waals surface area (Å²) in [7, 11) is 0. The summed E-state index contributed by atoms with van der Waals surface area (Å²) in [5, 5.41) is 0. The first-order chi connectivity index (χ1) is 9.68. The van der Waals surface area contributed by atoms with Crippen LogP contribution in [0.5, 0.6) is 5.75 Å². The van der Waals surface area contributed by atoms with Crippen molar-refractivity contribution >= 4 is 6.08 Å². The van der Waals surface area contributed by atoms with Gasteiger partial charge in [0.15, 0.2) is 0 Å². The van der Waals surface area contributed by atoms with Crippen molar-refractivity contribution in [1.29, 1.82) is 0 Å². The predicted molar refractivity (Wildman–Crippen MR) is 82.6 cm³/mol. The molecule has 1 atom stereocenters. The Labute approximate surface area is 120 Å². The average Bonchev–Trinajstić information content (AvgIpc) is 2.49. The van der Waals surface area contributed by atoms with E-state index in [0.717, 1.165) is 16.9 Å². The van der Waals surface area contributed by atoms with E-state index in [1.807, 2.05) is 74.5 Å². The van der Waals surface area contributed by atoms with Crippen LogP contribution >= 0.6 is 0 Å². The maximum Gasteiger partial charge on any atom is 0.234 e. The van der Waals surface area contributed by atoms with Crippen molar-refractivity contribution in [2.75, 3.05) is 6.61 Å². The van der Waals surface area contributed by atoms with Gasteiger partial charge in [-0.25, -0.2) is 0 Å². The second-order valence-corrected chi connectivity index (χ2v) is 4.62. The van der Waals surface area contributed by atoms with E-state index in [0.29, 0.717) is 6.61 Å². The van der Waals surface area contributed by atoms with Crippen molar-refractivity contribution in [2.45, 2.75) is 19.6 Å². The molecule has 0 saturated heterocycles. The van der Waals surface area contributed by atoms with Gasteiger partial charge in [0, 0.05) is 19.1 Å². The van der Waals surface area contributed by atoms with E-state index in [-0.39, 0.29) is 0 Å². The zero-order valence-corrected chi connectivity index (χ0v) is 12.0. The standard InChI is InChI=1S/C18H20O2/c1-4-15-11-13-17(14-12-15)20-18(3,19-5-2)16-9-7-6-8-10-16/h4,6-14H,1,5H2,2-3H3. The van der Waals surface area contributed by atoms with E-state index >= 15 is 0 Å². The molecule has 0 aliphatic rings. The van der Waals surface area contributed by atoms with Crippen LogP contribution in [-0.2, 0) is 10.5 Å². The molecule has 0 spiro atoms. The van der Waals surface area contributed by atoms with Gasteiger partial charge in [0.2, 0.25) is 5.79 Å². The molecule has 0 aliphatic carbocycles. The average molecular weight is 268 g/mol. The molecule has 0 saturated carbocycles. The monoisotopic (exact) mass is 268 g/mol. The van der Waals surface area contributed by atoms with Gasteiger partial charge < -0.3 is 9.47 Å². The molecule has 2 aromatic carbocycles. The Kier molecular flexibility index (Phi) is 4.59. The quantitative estimate of drug-likeness (QED) is 0.712. The lowest BCUT2D eigenvalue weighted by Gasteiger charge is -2.30. The number of rotatable bonds is 6. The van der Waals surface area contributed by atoms with Gasteiger partial charge in [0.05, 0.1) is 0 Å². The third kappa shape index (κ3) is 3.28. The van der Waals surface area contributed by atoms with Crippen molar-refractivity contribution in [1.82, 2.24) is 0 Å². The summed E-state index contributed by atoms with van der Waals surface area (Å²) in [6.07, 6.45) is 1.81. The summed E-state index contributed by atoms with van der Waals surface area (Å²) < 4.78 is 11.9. The maximum atomic E-state index is 6.07. The zero-order chi connectivity index (χ0) is 14.4. The van der Waals surface area contributed by atoms with E-state index in [2.05, 4.69) is 6.58 Å². The van der Waals surface area contributed by atoms with Crippen LogP contribution in [0.15, 0.2) is 61.2 Å². The van der Waals surface area contributed by atoms with Gasteiger partial charge in [0.1, 0.15) is 5.75 Å². The molecular formula is C18H20O2. The van der Waals surface area contributed by atoms with Gasteiger partial charge in [-0.2, -0.15) is 0 Å². The van der Waals surface area contributed by atoms with Crippen LogP contribution in [0.4, 0.5) is 0 Å². The Morgan fingerprint density at radius 1 is 1.05 bits per heavy atom. The number of benzene rings is 2. The molecule has 0 radical (unpaired) electrons. The summed E-state index contributed by atoms with van der Waals surface area (Å²) in [5.74, 6) is -0.0125. The van der Waals surface area contributed by atoms with Crippen LogP contribution in [0.25, 0.3) is 6.08 Å². The highest BCUT2D eigenvalue weighted by molar-refractivity contribution is 5.48. The maximum absolute atomic E-state index is 6.07. The Morgan fingerprint density at radius 2 is 1.70 bits per heavy atom. The Balaban J connectivity index is 2.26. The first-order valence-electron chi connectivity index (χ1n) is 6.79. The molecular weight excluding hydrogens is 248 g/mol. The Bertz CT molecular complexity index is 545. The molecule has 1 unspecified atom stereocenters. The fourth-order valence-corrected chi connectivity index (χ4v) is 2.08. The Morgan fingerprint density at radius 3 is 2.25 bits per heavy atom. The molecule has 0 amide bonds. The highest BCUT2D eigenvalue weighted by atomic mass is 16.7. The molecule has 0 aliphatic heterocycles. The minimum atomic E-state index is -0.786. The molecule has 0 heterocycles. The van der Waals surface area contributed by atoms with Crippen LogP contribution < -0.4 is 4.74 Å². The fraction of sp³-hybridized carbons (Fsp3) is 0.222. The van der Waals surface area contributed by atoms with Crippen molar-refractivity contribution in [3.8, 4) is 5.75 Å². The molecule has 0 fully saturated rings. The lowest BCUT2D eigenvalue weighted by molar-refractivity contribution is -0.175. The van der Waals surface area contributed by atoms with Crippen molar-refractivity contribution in [3.63, 3.8) is 0 Å². The first-order valence-corrected chi connectivity index (χ1v) is 6.79. The predicted octanol–water partition coefficient (Wildman–Crippen LogP) is 4.62. The van der Waals surface area contributed by atoms with Crippen LogP contribution in [0.1, 0.15) is 25.0 Å². The summed E-state index contributed by atoms with van der Waals surface area (Å²) in [4.78, 5) is 0. The summed E-state index contributed by atoms with van der Waals surface area (Å²) in [6, 6.07) is 17.8. The van der Waals surface area contributed by atoms with Crippen LogP contribution in [0.2, 0.25) is 0 Å². The lowest BCUT2D eigenvalue weighted by Crippen LogP contribution is -2.32. The largest absolute Gasteiger partial charge is 0.458 e. The highest BCUT2D eigenvalue weighted by Crippen LogP contribution is 2.29. The van der Waals surface area contributed by atoms with Gasteiger partial charge in [-0.15, -0.1) is 0 Å². The number of hydrogen-bond acceptors (Lipinski definition) is 2. The van der Waals surface area contributed by atoms with Crippen molar-refractivity contribution in [2.24, 2.45) is 0 Å². The molecule has 2 heteroatoms. The number of hydrogen-bond donors (Lipinski definition) is 0.